The number of halogens is 2. The molecule has 1 aromatic carbocycles. The molecular weight excluding hydrogens is 540 g/mol. The minimum Gasteiger partial charge on any atom is -0.448 e. The molecule has 0 saturated heterocycles. The lowest BCUT2D eigenvalue weighted by molar-refractivity contribution is -0.132. The molecule has 6 saturated carbocycles. The molecule has 2 bridgehead atoms. The highest BCUT2D eigenvalue weighted by Crippen LogP contribution is 2.59. The summed E-state index contributed by atoms with van der Waals surface area (Å²) in [4.78, 5) is 25.6. The van der Waals surface area contributed by atoms with Crippen LogP contribution in [0, 0.1) is 11.3 Å². The van der Waals surface area contributed by atoms with E-state index in [1.807, 2.05) is 40.5 Å². The zero-order chi connectivity index (χ0) is 27.8. The van der Waals surface area contributed by atoms with Crippen LogP contribution in [0.1, 0.15) is 112 Å². The van der Waals surface area contributed by atoms with Gasteiger partial charge in [0.15, 0.2) is 5.89 Å². The van der Waals surface area contributed by atoms with E-state index in [4.69, 9.17) is 14.4 Å². The SMILES string of the molecule is O=C(CC1CC(F)(F)C1)N(CC12CCC(c3nc(C4CC4)cs3)(CC1)CC2)c1cccc(-c2coc(C3CC3)n2)c1. The lowest BCUT2D eigenvalue weighted by atomic mass is 9.53. The molecule has 5 nitrogen and oxygen atoms in total. The van der Waals surface area contributed by atoms with Crippen LogP contribution in [-0.2, 0) is 10.2 Å². The average Bonchev–Trinajstić information content (AvgIpc) is 3.90. The van der Waals surface area contributed by atoms with Crippen molar-refractivity contribution in [2.75, 3.05) is 11.4 Å². The number of oxazole rings is 1. The first kappa shape index (κ1) is 26.1. The van der Waals surface area contributed by atoms with Crippen LogP contribution in [-0.4, -0.2) is 28.3 Å². The average molecular weight is 578 g/mol. The number of amides is 1. The van der Waals surface area contributed by atoms with Gasteiger partial charge in [-0.3, -0.25) is 4.79 Å². The summed E-state index contributed by atoms with van der Waals surface area (Å²) in [6.45, 7) is 0.645. The molecule has 0 spiro atoms. The number of thiazole rings is 1. The first-order valence-corrected chi connectivity index (χ1v) is 16.4. The molecule has 0 N–H and O–H groups in total. The van der Waals surface area contributed by atoms with Gasteiger partial charge in [-0.15, -0.1) is 11.3 Å². The van der Waals surface area contributed by atoms with Gasteiger partial charge in [0, 0.05) is 59.7 Å². The highest BCUT2D eigenvalue weighted by atomic mass is 32.1. The van der Waals surface area contributed by atoms with Crippen LogP contribution in [0.25, 0.3) is 11.3 Å². The van der Waals surface area contributed by atoms with Crippen LogP contribution in [0.5, 0.6) is 0 Å². The van der Waals surface area contributed by atoms with Gasteiger partial charge in [0.25, 0.3) is 0 Å². The number of rotatable bonds is 9. The maximum Gasteiger partial charge on any atom is 0.248 e. The molecule has 1 amide bonds. The van der Waals surface area contributed by atoms with E-state index in [1.54, 1.807) is 6.26 Å². The molecule has 0 radical (unpaired) electrons. The van der Waals surface area contributed by atoms with Crippen molar-refractivity contribution >= 4 is 22.9 Å². The predicted molar refractivity (Wildman–Crippen MR) is 154 cm³/mol. The van der Waals surface area contributed by atoms with Crippen molar-refractivity contribution in [2.45, 2.75) is 107 Å². The standard InChI is InChI=1S/C33H37F2N3O2S/c34-33(35)16-21(17-33)14-28(39)38(25-3-1-2-24(15-25)26-18-40-29(36-26)23-6-7-23)20-31-8-11-32(12-9-31,13-10-31)30-37-27(19-41-30)22-4-5-22/h1-3,15,18-19,21-23H,4-14,16-17,20H2. The topological polar surface area (TPSA) is 59.2 Å². The van der Waals surface area contributed by atoms with Crippen molar-refractivity contribution in [3.63, 3.8) is 0 Å². The summed E-state index contributed by atoms with van der Waals surface area (Å²) in [5.74, 6) is -0.988. The van der Waals surface area contributed by atoms with Crippen LogP contribution in [0.4, 0.5) is 14.5 Å². The summed E-state index contributed by atoms with van der Waals surface area (Å²) in [5.41, 5.74) is 4.09. The van der Waals surface area contributed by atoms with E-state index >= 15 is 0 Å². The molecule has 3 aromatic rings. The molecule has 216 valence electrons. The van der Waals surface area contributed by atoms with E-state index in [1.165, 1.54) is 23.5 Å². The van der Waals surface area contributed by atoms with E-state index in [0.29, 0.717) is 18.4 Å². The van der Waals surface area contributed by atoms with E-state index in [9.17, 15) is 13.6 Å². The first-order chi connectivity index (χ1) is 19.8. The van der Waals surface area contributed by atoms with Crippen LogP contribution >= 0.6 is 11.3 Å². The Morgan fingerprint density at radius 1 is 1.00 bits per heavy atom. The van der Waals surface area contributed by atoms with Crippen molar-refractivity contribution < 1.29 is 18.0 Å². The van der Waals surface area contributed by atoms with Gasteiger partial charge < -0.3 is 9.32 Å². The molecule has 2 aromatic heterocycles. The summed E-state index contributed by atoms with van der Waals surface area (Å²) in [7, 11) is 0. The van der Waals surface area contributed by atoms with E-state index in [-0.39, 0.29) is 41.9 Å². The number of carbonyl (C=O) groups is 1. The molecule has 8 heteroatoms. The van der Waals surface area contributed by atoms with Crippen LogP contribution in [0.15, 0.2) is 40.3 Å². The maximum absolute atomic E-state index is 13.8. The van der Waals surface area contributed by atoms with Crippen LogP contribution in [0.2, 0.25) is 0 Å². The largest absolute Gasteiger partial charge is 0.448 e. The van der Waals surface area contributed by atoms with Crippen LogP contribution < -0.4 is 4.90 Å². The van der Waals surface area contributed by atoms with Gasteiger partial charge in [-0.1, -0.05) is 12.1 Å². The number of nitrogens with zero attached hydrogens (tertiary/aromatic N) is 3. The fourth-order valence-corrected chi connectivity index (χ4v) is 8.83. The number of hydrogen-bond donors (Lipinski definition) is 0. The van der Waals surface area contributed by atoms with Crippen molar-refractivity contribution in [2.24, 2.45) is 11.3 Å². The Labute approximate surface area is 243 Å². The Morgan fingerprint density at radius 2 is 1.73 bits per heavy atom. The smallest absolute Gasteiger partial charge is 0.248 e. The zero-order valence-electron chi connectivity index (χ0n) is 23.4. The van der Waals surface area contributed by atoms with Gasteiger partial charge >= 0.3 is 0 Å². The highest BCUT2D eigenvalue weighted by Gasteiger charge is 2.52. The van der Waals surface area contributed by atoms with Gasteiger partial charge in [-0.05, 0) is 87.7 Å². The molecule has 9 rings (SSSR count). The van der Waals surface area contributed by atoms with Crippen molar-refractivity contribution in [1.29, 1.82) is 0 Å². The lowest BCUT2D eigenvalue weighted by Crippen LogP contribution is -2.51. The number of carbonyl (C=O) groups excluding carboxylic acids is 1. The minimum absolute atomic E-state index is 0.0349. The molecule has 6 fully saturated rings. The number of aromatic nitrogens is 2. The quantitative estimate of drug-likeness (QED) is 0.255. The molecule has 0 unspecified atom stereocenters. The molecule has 6 aliphatic rings. The molecule has 0 atom stereocenters. The highest BCUT2D eigenvalue weighted by molar-refractivity contribution is 7.09. The van der Waals surface area contributed by atoms with Gasteiger partial charge in [-0.2, -0.15) is 0 Å². The van der Waals surface area contributed by atoms with Crippen LogP contribution in [0.3, 0.4) is 0 Å². The van der Waals surface area contributed by atoms with Gasteiger partial charge in [0.2, 0.25) is 11.8 Å². The Kier molecular flexibility index (Phi) is 6.00. The van der Waals surface area contributed by atoms with Crippen molar-refractivity contribution in [3.05, 3.63) is 52.5 Å². The summed E-state index contributed by atoms with van der Waals surface area (Å²) in [6.07, 6.45) is 12.9. The van der Waals surface area contributed by atoms with E-state index in [0.717, 1.165) is 74.2 Å². The second-order valence-electron chi connectivity index (χ2n) is 13.8. The molecule has 0 aliphatic heterocycles. The Balaban J connectivity index is 1.04. The summed E-state index contributed by atoms with van der Waals surface area (Å²) >= 11 is 1.86. The summed E-state index contributed by atoms with van der Waals surface area (Å²) < 4.78 is 33.0. The van der Waals surface area contributed by atoms with Gasteiger partial charge in [-0.25, -0.2) is 18.7 Å². The lowest BCUT2D eigenvalue weighted by Gasteiger charge is -2.54. The Bertz CT molecular complexity index is 1440. The zero-order valence-corrected chi connectivity index (χ0v) is 24.2. The van der Waals surface area contributed by atoms with Gasteiger partial charge in [0.1, 0.15) is 12.0 Å². The monoisotopic (exact) mass is 577 g/mol. The van der Waals surface area contributed by atoms with Crippen molar-refractivity contribution in [3.8, 4) is 11.3 Å². The number of benzene rings is 1. The Hall–Kier alpha value is -2.61. The molecule has 2 heterocycles. The second kappa shape index (κ2) is 9.45. The third-order valence-electron chi connectivity index (χ3n) is 10.7. The first-order valence-electron chi connectivity index (χ1n) is 15.5. The number of alkyl halides is 2. The third kappa shape index (κ3) is 4.94. The fraction of sp³-hybridized carbons (Fsp3) is 0.606. The normalized spacial score (nSPS) is 28.9. The fourth-order valence-electron chi connectivity index (χ4n) is 7.63. The molecule has 41 heavy (non-hydrogen) atoms. The number of hydrogen-bond acceptors (Lipinski definition) is 5. The van der Waals surface area contributed by atoms with E-state index < -0.39 is 5.92 Å². The second-order valence-corrected chi connectivity index (χ2v) is 14.7. The van der Waals surface area contributed by atoms with E-state index in [2.05, 4.69) is 5.38 Å². The predicted octanol–water partition coefficient (Wildman–Crippen LogP) is 8.61. The minimum atomic E-state index is -2.62. The third-order valence-corrected chi connectivity index (χ3v) is 11.8. The van der Waals surface area contributed by atoms with Crippen molar-refractivity contribution in [1.82, 2.24) is 9.97 Å². The number of anilines is 1. The maximum atomic E-state index is 13.8. The summed E-state index contributed by atoms with van der Waals surface area (Å²) in [5, 5.41) is 3.62. The van der Waals surface area contributed by atoms with Gasteiger partial charge in [0.05, 0.1) is 10.7 Å². The molecule has 6 aliphatic carbocycles. The summed E-state index contributed by atoms with van der Waals surface area (Å²) in [6, 6.07) is 7.99. The Morgan fingerprint density at radius 3 is 2.41 bits per heavy atom. The number of fused-ring (bicyclic) bond motifs is 3. The molecular formula is C33H37F2N3O2S.